The number of hydrogen-bond donors (Lipinski definition) is 1. The van der Waals surface area contributed by atoms with E-state index in [1.807, 2.05) is 6.92 Å². The molecule has 70 valence electrons. The molecular formula is C8H14O4. The van der Waals surface area contributed by atoms with Crippen LogP contribution in [0.2, 0.25) is 0 Å². The van der Waals surface area contributed by atoms with Gasteiger partial charge in [-0.15, -0.1) is 0 Å². The number of ether oxygens (including phenoxy) is 2. The van der Waals surface area contributed by atoms with Crippen LogP contribution in [0.1, 0.15) is 19.8 Å². The summed E-state index contributed by atoms with van der Waals surface area (Å²) in [7, 11) is 0. The van der Waals surface area contributed by atoms with E-state index in [-0.39, 0.29) is 18.0 Å². The molecule has 1 heterocycles. The van der Waals surface area contributed by atoms with Crippen LogP contribution in [0.25, 0.3) is 0 Å². The molecule has 4 heteroatoms. The second-order valence-electron chi connectivity index (χ2n) is 3.00. The average Bonchev–Trinajstić information content (AvgIpc) is 2.05. The zero-order chi connectivity index (χ0) is 8.97. The van der Waals surface area contributed by atoms with E-state index in [0.717, 1.165) is 0 Å². The summed E-state index contributed by atoms with van der Waals surface area (Å²) >= 11 is 0. The molecule has 4 nitrogen and oxygen atoms in total. The Morgan fingerprint density at radius 3 is 3.08 bits per heavy atom. The molecule has 0 saturated carbocycles. The van der Waals surface area contributed by atoms with Gasteiger partial charge in [0.2, 0.25) is 0 Å². The monoisotopic (exact) mass is 174 g/mol. The van der Waals surface area contributed by atoms with E-state index in [9.17, 15) is 4.79 Å². The van der Waals surface area contributed by atoms with Crippen LogP contribution in [-0.2, 0) is 14.3 Å². The maximum atomic E-state index is 11.1. The van der Waals surface area contributed by atoms with E-state index < -0.39 is 6.79 Å². The Hall–Kier alpha value is -0.610. The Labute approximate surface area is 71.5 Å². The fraction of sp³-hybridized carbons (Fsp3) is 0.875. The van der Waals surface area contributed by atoms with Crippen molar-refractivity contribution in [3.63, 3.8) is 0 Å². The normalized spacial score (nSPS) is 29.8. The summed E-state index contributed by atoms with van der Waals surface area (Å²) in [4.78, 5) is 11.1. The van der Waals surface area contributed by atoms with Crippen LogP contribution in [0, 0.1) is 5.92 Å². The molecule has 2 unspecified atom stereocenters. The van der Waals surface area contributed by atoms with Gasteiger partial charge in [-0.1, -0.05) is 0 Å². The van der Waals surface area contributed by atoms with Gasteiger partial charge in [-0.3, -0.25) is 4.79 Å². The molecule has 1 N–H and O–H groups in total. The number of carbonyl (C=O) groups excluding carboxylic acids is 1. The molecule has 0 spiro atoms. The van der Waals surface area contributed by atoms with Gasteiger partial charge in [0.1, 0.15) is 0 Å². The molecule has 0 aromatic carbocycles. The Bertz CT molecular complexity index is 157. The smallest absolute Gasteiger partial charge is 0.311 e. The number of hydrogen-bond acceptors (Lipinski definition) is 4. The van der Waals surface area contributed by atoms with Gasteiger partial charge < -0.3 is 14.6 Å². The molecule has 12 heavy (non-hydrogen) atoms. The van der Waals surface area contributed by atoms with Crippen molar-refractivity contribution in [2.75, 3.05) is 13.4 Å². The first-order valence-corrected chi connectivity index (χ1v) is 4.13. The number of aliphatic hydroxyl groups is 1. The first-order chi connectivity index (χ1) is 5.74. The molecular weight excluding hydrogens is 160 g/mol. The largest absolute Gasteiger partial charge is 0.438 e. The highest BCUT2D eigenvalue weighted by Gasteiger charge is 2.26. The second-order valence-corrected chi connectivity index (χ2v) is 3.00. The Balaban J connectivity index is 2.35. The molecule has 2 atom stereocenters. The van der Waals surface area contributed by atoms with Crippen molar-refractivity contribution in [2.24, 2.45) is 5.92 Å². The Morgan fingerprint density at radius 2 is 2.50 bits per heavy atom. The lowest BCUT2D eigenvalue weighted by Crippen LogP contribution is -2.29. The minimum atomic E-state index is -0.523. The lowest BCUT2D eigenvalue weighted by atomic mass is 9.97. The molecule has 0 amide bonds. The second kappa shape index (κ2) is 4.42. The average molecular weight is 174 g/mol. The van der Waals surface area contributed by atoms with Crippen molar-refractivity contribution in [1.29, 1.82) is 0 Å². The highest BCUT2D eigenvalue weighted by molar-refractivity contribution is 5.72. The summed E-state index contributed by atoms with van der Waals surface area (Å²) in [5.74, 6) is -0.409. The third-order valence-corrected chi connectivity index (χ3v) is 2.03. The number of rotatable bonds is 2. The van der Waals surface area contributed by atoms with Crippen molar-refractivity contribution < 1.29 is 19.4 Å². The molecule has 1 rings (SSSR count). The molecule has 1 saturated heterocycles. The van der Waals surface area contributed by atoms with Crippen LogP contribution >= 0.6 is 0 Å². The van der Waals surface area contributed by atoms with E-state index in [0.29, 0.717) is 19.4 Å². The lowest BCUT2D eigenvalue weighted by Gasteiger charge is -2.25. The van der Waals surface area contributed by atoms with Crippen molar-refractivity contribution in [2.45, 2.75) is 25.9 Å². The minimum Gasteiger partial charge on any atom is -0.438 e. The molecule has 0 bridgehead atoms. The van der Waals surface area contributed by atoms with E-state index in [1.165, 1.54) is 0 Å². The first kappa shape index (κ1) is 9.48. The predicted octanol–water partition coefficient (Wildman–Crippen LogP) is 0.295. The molecule has 0 aliphatic carbocycles. The summed E-state index contributed by atoms with van der Waals surface area (Å²) in [5.41, 5.74) is 0. The summed E-state index contributed by atoms with van der Waals surface area (Å²) < 4.78 is 9.76. The van der Waals surface area contributed by atoms with Crippen LogP contribution in [0.15, 0.2) is 0 Å². The summed E-state index contributed by atoms with van der Waals surface area (Å²) in [6.45, 7) is 2.01. The third kappa shape index (κ3) is 2.46. The quantitative estimate of drug-likeness (QED) is 0.483. The summed E-state index contributed by atoms with van der Waals surface area (Å²) in [5, 5.41) is 8.36. The summed E-state index contributed by atoms with van der Waals surface area (Å²) in [6, 6.07) is 0. The van der Waals surface area contributed by atoms with Gasteiger partial charge in [-0.25, -0.2) is 0 Å². The van der Waals surface area contributed by atoms with Crippen molar-refractivity contribution in [3.05, 3.63) is 0 Å². The van der Waals surface area contributed by atoms with Crippen molar-refractivity contribution in [1.82, 2.24) is 0 Å². The van der Waals surface area contributed by atoms with Crippen LogP contribution < -0.4 is 0 Å². The van der Waals surface area contributed by atoms with Gasteiger partial charge >= 0.3 is 5.97 Å². The molecule has 0 aromatic heterocycles. The topological polar surface area (TPSA) is 55.8 Å². The van der Waals surface area contributed by atoms with Crippen molar-refractivity contribution >= 4 is 5.97 Å². The van der Waals surface area contributed by atoms with Gasteiger partial charge in [0.05, 0.1) is 12.0 Å². The van der Waals surface area contributed by atoms with Crippen molar-refractivity contribution in [3.8, 4) is 0 Å². The lowest BCUT2D eigenvalue weighted by molar-refractivity contribution is -0.161. The Morgan fingerprint density at radius 1 is 1.75 bits per heavy atom. The minimum absolute atomic E-state index is 0.0964. The van der Waals surface area contributed by atoms with Crippen LogP contribution in [0.5, 0.6) is 0 Å². The highest BCUT2D eigenvalue weighted by Crippen LogP contribution is 2.20. The van der Waals surface area contributed by atoms with E-state index in [4.69, 9.17) is 9.84 Å². The summed E-state index contributed by atoms with van der Waals surface area (Å²) in [6.07, 6.45) is 1.51. The molecule has 1 aliphatic rings. The maximum Gasteiger partial charge on any atom is 0.311 e. The third-order valence-electron chi connectivity index (χ3n) is 2.03. The number of aliphatic hydroxyl groups excluding tert-OH is 1. The van der Waals surface area contributed by atoms with Gasteiger partial charge in [0.15, 0.2) is 6.79 Å². The fourth-order valence-corrected chi connectivity index (χ4v) is 1.39. The van der Waals surface area contributed by atoms with E-state index in [1.54, 1.807) is 0 Å². The Kier molecular flexibility index (Phi) is 3.49. The number of esters is 1. The van der Waals surface area contributed by atoms with E-state index >= 15 is 0 Å². The van der Waals surface area contributed by atoms with Crippen LogP contribution in [0.4, 0.5) is 0 Å². The predicted molar refractivity (Wildman–Crippen MR) is 41.3 cm³/mol. The zero-order valence-electron chi connectivity index (χ0n) is 7.16. The fourth-order valence-electron chi connectivity index (χ4n) is 1.39. The van der Waals surface area contributed by atoms with Gasteiger partial charge in [-0.2, -0.15) is 0 Å². The zero-order valence-corrected chi connectivity index (χ0v) is 7.16. The van der Waals surface area contributed by atoms with Gasteiger partial charge in [0.25, 0.3) is 0 Å². The SMILES string of the molecule is CC1CC(C(=O)OCO)CCO1. The van der Waals surface area contributed by atoms with Gasteiger partial charge in [0, 0.05) is 6.61 Å². The molecule has 1 fully saturated rings. The number of carbonyl (C=O) groups is 1. The van der Waals surface area contributed by atoms with Gasteiger partial charge in [-0.05, 0) is 19.8 Å². The maximum absolute atomic E-state index is 11.1. The standard InChI is InChI=1S/C8H14O4/c1-6-4-7(2-3-11-6)8(10)12-5-9/h6-7,9H,2-5H2,1H3. The van der Waals surface area contributed by atoms with Crippen LogP contribution in [0.3, 0.4) is 0 Å². The van der Waals surface area contributed by atoms with E-state index in [2.05, 4.69) is 4.74 Å². The molecule has 0 radical (unpaired) electrons. The highest BCUT2D eigenvalue weighted by atomic mass is 16.6. The molecule has 1 aliphatic heterocycles. The first-order valence-electron chi connectivity index (χ1n) is 4.13. The van der Waals surface area contributed by atoms with Crippen LogP contribution in [-0.4, -0.2) is 30.6 Å². The molecule has 0 aromatic rings.